The molecule has 0 amide bonds. The molecule has 6 nitrogen and oxygen atoms in total. The lowest BCUT2D eigenvalue weighted by molar-refractivity contribution is 0.0451. The number of piperazine rings is 1. The van der Waals surface area contributed by atoms with Crippen LogP contribution in [0.1, 0.15) is 25.0 Å². The third kappa shape index (κ3) is 3.13. The molecule has 3 rings (SSSR count). The Morgan fingerprint density at radius 1 is 1.26 bits per heavy atom. The third-order valence-electron chi connectivity index (χ3n) is 4.25. The van der Waals surface area contributed by atoms with E-state index in [1.54, 1.807) is 0 Å². The highest BCUT2D eigenvalue weighted by Crippen LogP contribution is 2.21. The Balaban J connectivity index is 1.54. The normalized spacial score (nSPS) is 25.4. The molecule has 1 unspecified atom stereocenters. The van der Waals surface area contributed by atoms with E-state index in [1.807, 2.05) is 10.9 Å². The molecular formula is C13H24N6. The van der Waals surface area contributed by atoms with Crippen molar-refractivity contribution >= 4 is 0 Å². The zero-order chi connectivity index (χ0) is 13.1. The minimum Gasteiger partial charge on any atom is -0.329 e. The molecule has 0 radical (unpaired) electrons. The summed E-state index contributed by atoms with van der Waals surface area (Å²) in [4.78, 5) is 5.18. The van der Waals surface area contributed by atoms with E-state index in [0.717, 1.165) is 31.4 Å². The molecule has 1 atom stereocenters. The third-order valence-corrected chi connectivity index (χ3v) is 4.25. The van der Waals surface area contributed by atoms with Gasteiger partial charge in [-0.1, -0.05) is 11.6 Å². The van der Waals surface area contributed by atoms with Gasteiger partial charge in [0, 0.05) is 45.0 Å². The van der Waals surface area contributed by atoms with Crippen LogP contribution in [-0.2, 0) is 13.1 Å². The molecule has 2 aliphatic rings. The second kappa shape index (κ2) is 5.98. The van der Waals surface area contributed by atoms with E-state index in [4.69, 9.17) is 5.73 Å². The van der Waals surface area contributed by atoms with Crippen LogP contribution in [0, 0.1) is 0 Å². The van der Waals surface area contributed by atoms with Crippen LogP contribution in [0.25, 0.3) is 0 Å². The van der Waals surface area contributed by atoms with Crippen LogP contribution >= 0.6 is 0 Å². The van der Waals surface area contributed by atoms with Crippen molar-refractivity contribution in [1.29, 1.82) is 0 Å². The van der Waals surface area contributed by atoms with E-state index in [9.17, 15) is 0 Å². The van der Waals surface area contributed by atoms with Crippen molar-refractivity contribution < 1.29 is 0 Å². The summed E-state index contributed by atoms with van der Waals surface area (Å²) in [6.45, 7) is 7.14. The van der Waals surface area contributed by atoms with Gasteiger partial charge in [0.25, 0.3) is 0 Å². The van der Waals surface area contributed by atoms with Crippen molar-refractivity contribution in [3.05, 3.63) is 11.9 Å². The molecule has 0 spiro atoms. The molecule has 106 valence electrons. The standard InChI is InChI=1S/C13H24N6/c14-4-6-19-10-12(15-16-19)9-17-7-8-18-5-2-1-3-13(18)11-17/h10,13H,1-9,11,14H2. The molecule has 0 aromatic carbocycles. The molecule has 0 saturated carbocycles. The van der Waals surface area contributed by atoms with Crippen LogP contribution in [-0.4, -0.2) is 63.6 Å². The van der Waals surface area contributed by atoms with Gasteiger partial charge in [0.1, 0.15) is 0 Å². The quantitative estimate of drug-likeness (QED) is 0.823. The first-order valence-electron chi connectivity index (χ1n) is 7.40. The van der Waals surface area contributed by atoms with Gasteiger partial charge in [-0.3, -0.25) is 14.5 Å². The molecule has 2 fully saturated rings. The smallest absolute Gasteiger partial charge is 0.0967 e. The summed E-state index contributed by atoms with van der Waals surface area (Å²) in [7, 11) is 0. The van der Waals surface area contributed by atoms with Crippen LogP contribution in [0.5, 0.6) is 0 Å². The molecule has 2 saturated heterocycles. The number of piperidine rings is 1. The molecule has 2 N–H and O–H groups in total. The predicted molar refractivity (Wildman–Crippen MR) is 73.6 cm³/mol. The van der Waals surface area contributed by atoms with Gasteiger partial charge < -0.3 is 5.73 Å². The van der Waals surface area contributed by atoms with Gasteiger partial charge in [-0.2, -0.15) is 0 Å². The van der Waals surface area contributed by atoms with E-state index in [0.29, 0.717) is 6.54 Å². The molecule has 6 heteroatoms. The van der Waals surface area contributed by atoms with Crippen molar-refractivity contribution in [1.82, 2.24) is 24.8 Å². The number of fused-ring (bicyclic) bond motifs is 1. The monoisotopic (exact) mass is 264 g/mol. The molecular weight excluding hydrogens is 240 g/mol. The Labute approximate surface area is 114 Å². The molecule has 3 heterocycles. The zero-order valence-electron chi connectivity index (χ0n) is 11.5. The fraction of sp³-hybridized carbons (Fsp3) is 0.846. The lowest BCUT2D eigenvalue weighted by atomic mass is 9.99. The number of nitrogens with zero attached hydrogens (tertiary/aromatic N) is 5. The van der Waals surface area contributed by atoms with E-state index >= 15 is 0 Å². The van der Waals surface area contributed by atoms with Crippen LogP contribution in [0.15, 0.2) is 6.20 Å². The molecule has 0 bridgehead atoms. The second-order valence-electron chi connectivity index (χ2n) is 5.68. The number of hydrogen-bond acceptors (Lipinski definition) is 5. The van der Waals surface area contributed by atoms with Crippen LogP contribution in [0.4, 0.5) is 0 Å². The first-order chi connectivity index (χ1) is 9.35. The molecule has 0 aliphatic carbocycles. The summed E-state index contributed by atoms with van der Waals surface area (Å²) >= 11 is 0. The average molecular weight is 264 g/mol. The van der Waals surface area contributed by atoms with Crippen molar-refractivity contribution in [2.45, 2.75) is 38.4 Å². The highest BCUT2D eigenvalue weighted by molar-refractivity contribution is 4.94. The second-order valence-corrected chi connectivity index (χ2v) is 5.68. The van der Waals surface area contributed by atoms with Gasteiger partial charge >= 0.3 is 0 Å². The summed E-state index contributed by atoms with van der Waals surface area (Å²) in [6.07, 6.45) is 6.15. The lowest BCUT2D eigenvalue weighted by Gasteiger charge is -2.43. The summed E-state index contributed by atoms with van der Waals surface area (Å²) in [6, 6.07) is 0.765. The van der Waals surface area contributed by atoms with Gasteiger partial charge in [0.15, 0.2) is 0 Å². The predicted octanol–water partition coefficient (Wildman–Crippen LogP) is -0.0931. The van der Waals surface area contributed by atoms with Gasteiger partial charge in [0.2, 0.25) is 0 Å². The molecule has 19 heavy (non-hydrogen) atoms. The summed E-state index contributed by atoms with van der Waals surface area (Å²) < 4.78 is 1.84. The Hall–Kier alpha value is -0.980. The minimum absolute atomic E-state index is 0.615. The highest BCUT2D eigenvalue weighted by atomic mass is 15.4. The minimum atomic E-state index is 0.615. The Bertz CT molecular complexity index is 404. The topological polar surface area (TPSA) is 63.2 Å². The summed E-state index contributed by atoms with van der Waals surface area (Å²) in [5.41, 5.74) is 6.59. The number of rotatable bonds is 4. The summed E-state index contributed by atoms with van der Waals surface area (Å²) in [5, 5.41) is 8.34. The van der Waals surface area contributed by atoms with Gasteiger partial charge in [0.05, 0.1) is 12.2 Å². The molecule has 2 aliphatic heterocycles. The molecule has 1 aromatic heterocycles. The number of hydrogen-bond donors (Lipinski definition) is 1. The number of aromatic nitrogens is 3. The van der Waals surface area contributed by atoms with Gasteiger partial charge in [-0.25, -0.2) is 0 Å². The van der Waals surface area contributed by atoms with Crippen LogP contribution in [0.2, 0.25) is 0 Å². The number of nitrogens with two attached hydrogens (primary N) is 1. The van der Waals surface area contributed by atoms with Crippen molar-refractivity contribution in [2.24, 2.45) is 5.73 Å². The maximum absolute atomic E-state index is 5.52. The first-order valence-corrected chi connectivity index (χ1v) is 7.40. The van der Waals surface area contributed by atoms with Gasteiger partial charge in [-0.15, -0.1) is 5.10 Å². The van der Waals surface area contributed by atoms with Crippen LogP contribution < -0.4 is 5.73 Å². The SMILES string of the molecule is NCCn1cc(CN2CCN3CCCCC3C2)nn1. The maximum Gasteiger partial charge on any atom is 0.0967 e. The fourth-order valence-electron chi connectivity index (χ4n) is 3.25. The van der Waals surface area contributed by atoms with Crippen molar-refractivity contribution in [3.63, 3.8) is 0 Å². The summed E-state index contributed by atoms with van der Waals surface area (Å²) in [5.74, 6) is 0. The Kier molecular flexibility index (Phi) is 4.10. The van der Waals surface area contributed by atoms with Gasteiger partial charge in [-0.05, 0) is 19.4 Å². The van der Waals surface area contributed by atoms with Crippen molar-refractivity contribution in [2.75, 3.05) is 32.7 Å². The fourth-order valence-corrected chi connectivity index (χ4v) is 3.25. The van der Waals surface area contributed by atoms with Crippen LogP contribution in [0.3, 0.4) is 0 Å². The Morgan fingerprint density at radius 3 is 3.11 bits per heavy atom. The average Bonchev–Trinajstić information content (AvgIpc) is 2.86. The van der Waals surface area contributed by atoms with E-state index in [-0.39, 0.29) is 0 Å². The largest absolute Gasteiger partial charge is 0.329 e. The highest BCUT2D eigenvalue weighted by Gasteiger charge is 2.28. The van der Waals surface area contributed by atoms with Crippen molar-refractivity contribution in [3.8, 4) is 0 Å². The van der Waals surface area contributed by atoms with E-state index in [2.05, 4.69) is 20.1 Å². The lowest BCUT2D eigenvalue weighted by Crippen LogP contribution is -2.54. The van der Waals surface area contributed by atoms with E-state index < -0.39 is 0 Å². The van der Waals surface area contributed by atoms with E-state index in [1.165, 1.54) is 38.9 Å². The zero-order valence-corrected chi connectivity index (χ0v) is 11.5. The molecule has 1 aromatic rings. The maximum atomic E-state index is 5.52. The Morgan fingerprint density at radius 2 is 2.21 bits per heavy atom. The first kappa shape index (κ1) is 13.0.